The van der Waals surface area contributed by atoms with Crippen LogP contribution in [0.4, 0.5) is 9.18 Å². The number of imidazole rings is 1. The molecular formula is C26H26FN7O4. The summed E-state index contributed by atoms with van der Waals surface area (Å²) in [5.74, 6) is -0.319. The molecule has 0 spiro atoms. The van der Waals surface area contributed by atoms with Crippen LogP contribution in [-0.4, -0.2) is 49.9 Å². The van der Waals surface area contributed by atoms with Crippen LogP contribution in [0.5, 0.6) is 5.88 Å². The zero-order valence-electron chi connectivity index (χ0n) is 21.6. The summed E-state index contributed by atoms with van der Waals surface area (Å²) in [6.45, 7) is 6.89. The number of aliphatic imine (C=N–C) groups is 1. The molecule has 1 N–H and O–H groups in total. The van der Waals surface area contributed by atoms with Gasteiger partial charge in [0.1, 0.15) is 34.4 Å². The molecule has 1 atom stereocenters. The fraction of sp³-hybridized carbons (Fsp3) is 0.346. The summed E-state index contributed by atoms with van der Waals surface area (Å²) >= 11 is 0. The molecule has 1 amide bonds. The SMILES string of the molecule is COc1cnc(C(=O)Cc2ccc(F)c(C3(C)Cn4c(C#N)cnc4C(NC(=O)OC(C)(C)C)=N3)c2)cn1. The Hall–Kier alpha value is -4.66. The molecule has 0 radical (unpaired) electrons. The molecule has 11 nitrogen and oxygen atoms in total. The Morgan fingerprint density at radius 2 is 1.97 bits per heavy atom. The van der Waals surface area contributed by atoms with Crippen molar-refractivity contribution < 1.29 is 23.5 Å². The number of alkyl carbamates (subject to hydrolysis) is 1. The first-order valence-electron chi connectivity index (χ1n) is 11.7. The van der Waals surface area contributed by atoms with Crippen LogP contribution in [0, 0.1) is 17.1 Å². The first kappa shape index (κ1) is 26.4. The lowest BCUT2D eigenvalue weighted by molar-refractivity contribution is 0.0562. The fourth-order valence-electron chi connectivity index (χ4n) is 4.02. The van der Waals surface area contributed by atoms with Gasteiger partial charge in [-0.2, -0.15) is 5.26 Å². The van der Waals surface area contributed by atoms with Gasteiger partial charge in [-0.25, -0.2) is 24.1 Å². The van der Waals surface area contributed by atoms with E-state index in [1.165, 1.54) is 37.8 Å². The van der Waals surface area contributed by atoms with Gasteiger partial charge in [-0.3, -0.25) is 15.1 Å². The first-order valence-corrected chi connectivity index (χ1v) is 11.7. The highest BCUT2D eigenvalue weighted by Gasteiger charge is 2.38. The molecule has 196 valence electrons. The Labute approximate surface area is 218 Å². The van der Waals surface area contributed by atoms with E-state index >= 15 is 4.39 Å². The predicted octanol–water partition coefficient (Wildman–Crippen LogP) is 3.32. The molecule has 1 aliphatic heterocycles. The minimum atomic E-state index is -1.26. The smallest absolute Gasteiger partial charge is 0.413 e. The van der Waals surface area contributed by atoms with Crippen LogP contribution in [-0.2, 0) is 23.2 Å². The van der Waals surface area contributed by atoms with Gasteiger partial charge in [0, 0.05) is 12.0 Å². The van der Waals surface area contributed by atoms with Crippen LogP contribution in [0.2, 0.25) is 0 Å². The minimum absolute atomic E-state index is 0.0314. The van der Waals surface area contributed by atoms with E-state index in [1.54, 1.807) is 38.3 Å². The lowest BCUT2D eigenvalue weighted by Gasteiger charge is -2.33. The largest absolute Gasteiger partial charge is 0.480 e. The summed E-state index contributed by atoms with van der Waals surface area (Å²) in [5, 5.41) is 12.2. The Balaban J connectivity index is 1.69. The molecule has 1 unspecified atom stereocenters. The molecule has 0 fully saturated rings. The monoisotopic (exact) mass is 519 g/mol. The van der Waals surface area contributed by atoms with Crippen LogP contribution < -0.4 is 10.1 Å². The highest BCUT2D eigenvalue weighted by atomic mass is 19.1. The van der Waals surface area contributed by atoms with Gasteiger partial charge in [0.2, 0.25) is 5.88 Å². The number of amides is 1. The van der Waals surface area contributed by atoms with Crippen molar-refractivity contribution in [2.75, 3.05) is 7.11 Å². The number of Topliss-reactive ketones (excluding diaryl/α,β-unsaturated/α-hetero) is 1. The summed E-state index contributed by atoms with van der Waals surface area (Å²) in [6.07, 6.45) is 3.19. The zero-order chi connectivity index (χ0) is 27.7. The van der Waals surface area contributed by atoms with E-state index in [1.807, 2.05) is 0 Å². The number of nitrogens with one attached hydrogen (secondary N) is 1. The first-order chi connectivity index (χ1) is 17.9. The van der Waals surface area contributed by atoms with Crippen molar-refractivity contribution in [1.82, 2.24) is 24.8 Å². The van der Waals surface area contributed by atoms with E-state index in [0.717, 1.165) is 0 Å². The summed E-state index contributed by atoms with van der Waals surface area (Å²) in [5.41, 5.74) is -0.961. The van der Waals surface area contributed by atoms with Gasteiger partial charge in [0.25, 0.3) is 0 Å². The quantitative estimate of drug-likeness (QED) is 0.506. The van der Waals surface area contributed by atoms with Crippen LogP contribution in [0.15, 0.2) is 41.8 Å². The van der Waals surface area contributed by atoms with Gasteiger partial charge >= 0.3 is 6.09 Å². The van der Waals surface area contributed by atoms with Crippen LogP contribution in [0.25, 0.3) is 0 Å². The highest BCUT2D eigenvalue weighted by molar-refractivity contribution is 6.05. The number of amidine groups is 1. The molecule has 4 rings (SSSR count). The third-order valence-corrected chi connectivity index (χ3v) is 5.72. The maximum Gasteiger partial charge on any atom is 0.413 e. The maximum absolute atomic E-state index is 15.2. The fourth-order valence-corrected chi connectivity index (χ4v) is 4.02. The minimum Gasteiger partial charge on any atom is -0.480 e. The van der Waals surface area contributed by atoms with Gasteiger partial charge < -0.3 is 14.0 Å². The number of carbonyl (C=O) groups is 2. The molecule has 3 heterocycles. The molecule has 0 saturated heterocycles. The van der Waals surface area contributed by atoms with Crippen molar-refractivity contribution in [2.45, 2.75) is 51.8 Å². The van der Waals surface area contributed by atoms with Crippen molar-refractivity contribution in [2.24, 2.45) is 4.99 Å². The number of carbonyl (C=O) groups excluding carboxylic acids is 2. The van der Waals surface area contributed by atoms with Crippen molar-refractivity contribution in [3.63, 3.8) is 0 Å². The maximum atomic E-state index is 15.2. The van der Waals surface area contributed by atoms with E-state index < -0.39 is 23.1 Å². The van der Waals surface area contributed by atoms with E-state index in [-0.39, 0.29) is 53.2 Å². The molecule has 38 heavy (non-hydrogen) atoms. The Morgan fingerprint density at radius 3 is 2.61 bits per heavy atom. The second-order valence-electron chi connectivity index (χ2n) is 9.88. The number of nitrogens with zero attached hydrogens (tertiary/aromatic N) is 6. The van der Waals surface area contributed by atoms with Gasteiger partial charge in [-0.15, -0.1) is 0 Å². The number of fused-ring (bicyclic) bond motifs is 1. The molecule has 0 bridgehead atoms. The lowest BCUT2D eigenvalue weighted by Crippen LogP contribution is -2.44. The second-order valence-corrected chi connectivity index (χ2v) is 9.88. The number of rotatable bonds is 5. The van der Waals surface area contributed by atoms with Crippen LogP contribution in [0.1, 0.15) is 60.8 Å². The number of halogens is 1. The average molecular weight is 520 g/mol. The van der Waals surface area contributed by atoms with Gasteiger partial charge in [0.15, 0.2) is 17.4 Å². The molecule has 1 aromatic carbocycles. The summed E-state index contributed by atoms with van der Waals surface area (Å²) < 4.78 is 27.1. The Morgan fingerprint density at radius 1 is 1.21 bits per heavy atom. The Kier molecular flexibility index (Phi) is 6.95. The zero-order valence-corrected chi connectivity index (χ0v) is 21.6. The lowest BCUT2D eigenvalue weighted by atomic mass is 9.88. The third kappa shape index (κ3) is 5.51. The molecule has 0 aliphatic carbocycles. The molecule has 3 aromatic rings. The normalized spacial score (nSPS) is 16.6. The number of methoxy groups -OCH3 is 1. The molecule has 0 saturated carbocycles. The van der Waals surface area contributed by atoms with E-state index in [9.17, 15) is 14.9 Å². The molecule has 2 aromatic heterocycles. The number of ketones is 1. The number of nitriles is 1. The Bertz CT molecular complexity index is 1470. The number of ether oxygens (including phenoxy) is 2. The molecular weight excluding hydrogens is 493 g/mol. The average Bonchev–Trinajstić information content (AvgIpc) is 3.26. The van der Waals surface area contributed by atoms with Gasteiger partial charge in [0.05, 0.1) is 32.2 Å². The number of hydrogen-bond acceptors (Lipinski definition) is 9. The van der Waals surface area contributed by atoms with Crippen LogP contribution >= 0.6 is 0 Å². The summed E-state index contributed by atoms with van der Waals surface area (Å²) in [7, 11) is 1.45. The molecule has 1 aliphatic rings. The van der Waals surface area contributed by atoms with Gasteiger partial charge in [-0.1, -0.05) is 6.07 Å². The molecule has 12 heteroatoms. The second kappa shape index (κ2) is 10.0. The summed E-state index contributed by atoms with van der Waals surface area (Å²) in [6, 6.07) is 6.37. The standard InChI is InChI=1S/C26H26FN7O4/c1-25(2,3)38-24(36)32-22-23-31-11-16(10-28)34(23)14-26(4,33-22)17-8-15(6-7-18(17)27)9-20(35)19-12-30-21(37-5)13-29-19/h6-8,11-13H,9,14H2,1-5H3,(H,32,33,36). The topological polar surface area (TPSA) is 144 Å². The predicted molar refractivity (Wildman–Crippen MR) is 133 cm³/mol. The number of aromatic nitrogens is 4. The summed E-state index contributed by atoms with van der Waals surface area (Å²) in [4.78, 5) is 42.3. The van der Waals surface area contributed by atoms with Gasteiger partial charge in [-0.05, 0) is 45.4 Å². The third-order valence-electron chi connectivity index (χ3n) is 5.72. The number of benzene rings is 1. The highest BCUT2D eigenvalue weighted by Crippen LogP contribution is 2.35. The van der Waals surface area contributed by atoms with E-state index in [0.29, 0.717) is 5.56 Å². The van der Waals surface area contributed by atoms with Crippen molar-refractivity contribution in [1.29, 1.82) is 5.26 Å². The van der Waals surface area contributed by atoms with Crippen molar-refractivity contribution in [3.05, 3.63) is 70.9 Å². The number of hydrogen-bond donors (Lipinski definition) is 1. The van der Waals surface area contributed by atoms with E-state index in [2.05, 4.69) is 31.3 Å². The van der Waals surface area contributed by atoms with Crippen molar-refractivity contribution >= 4 is 17.7 Å². The van der Waals surface area contributed by atoms with E-state index in [4.69, 9.17) is 9.47 Å². The van der Waals surface area contributed by atoms with Crippen LogP contribution in [0.3, 0.4) is 0 Å². The van der Waals surface area contributed by atoms with Crippen molar-refractivity contribution in [3.8, 4) is 11.9 Å².